The van der Waals surface area contributed by atoms with Gasteiger partial charge in [0.1, 0.15) is 0 Å². The third-order valence-electron chi connectivity index (χ3n) is 3.35. The number of carbonyl (C=O) groups is 1. The standard InChI is InChI=1S/C17H21ClN2O3/c1-10(2)8-15-20-11(3)16(23-15)17(22)19-9-14(21)12-6-4-5-7-13(12)18/h4-7,10,14,21H,8-9H2,1-3H3,(H,19,22). The van der Waals surface area contributed by atoms with Crippen molar-refractivity contribution >= 4 is 17.5 Å². The number of oxazole rings is 1. The molecule has 1 unspecified atom stereocenters. The van der Waals surface area contributed by atoms with E-state index in [0.717, 1.165) is 0 Å². The molecule has 0 aliphatic rings. The summed E-state index contributed by atoms with van der Waals surface area (Å²) in [6.07, 6.45) is -0.206. The van der Waals surface area contributed by atoms with Gasteiger partial charge in [0, 0.05) is 23.6 Å². The molecule has 0 aliphatic heterocycles. The van der Waals surface area contributed by atoms with E-state index >= 15 is 0 Å². The monoisotopic (exact) mass is 336 g/mol. The van der Waals surface area contributed by atoms with Crippen LogP contribution in [-0.4, -0.2) is 22.5 Å². The van der Waals surface area contributed by atoms with Crippen molar-refractivity contribution in [1.82, 2.24) is 10.3 Å². The minimum atomic E-state index is -0.883. The fraction of sp³-hybridized carbons (Fsp3) is 0.412. The predicted octanol–water partition coefficient (Wildman–Crippen LogP) is 3.30. The van der Waals surface area contributed by atoms with E-state index in [1.54, 1.807) is 31.2 Å². The molecule has 0 bridgehead atoms. The van der Waals surface area contributed by atoms with E-state index < -0.39 is 12.0 Å². The van der Waals surface area contributed by atoms with Crippen LogP contribution in [0.15, 0.2) is 28.7 Å². The zero-order valence-electron chi connectivity index (χ0n) is 13.5. The van der Waals surface area contributed by atoms with Crippen LogP contribution in [0.4, 0.5) is 0 Å². The van der Waals surface area contributed by atoms with E-state index in [1.807, 2.05) is 0 Å². The lowest BCUT2D eigenvalue weighted by Crippen LogP contribution is -2.28. The molecule has 2 N–H and O–H groups in total. The first-order chi connectivity index (χ1) is 10.9. The van der Waals surface area contributed by atoms with Crippen molar-refractivity contribution < 1.29 is 14.3 Å². The predicted molar refractivity (Wildman–Crippen MR) is 88.5 cm³/mol. The third kappa shape index (κ3) is 4.56. The van der Waals surface area contributed by atoms with Crippen LogP contribution in [0.25, 0.3) is 0 Å². The zero-order valence-corrected chi connectivity index (χ0v) is 14.2. The van der Waals surface area contributed by atoms with Crippen LogP contribution in [0.2, 0.25) is 5.02 Å². The van der Waals surface area contributed by atoms with Crippen molar-refractivity contribution in [3.8, 4) is 0 Å². The number of aliphatic hydroxyl groups excluding tert-OH is 1. The highest BCUT2D eigenvalue weighted by atomic mass is 35.5. The second kappa shape index (κ2) is 7.62. The lowest BCUT2D eigenvalue weighted by Gasteiger charge is -2.13. The highest BCUT2D eigenvalue weighted by Crippen LogP contribution is 2.22. The average Bonchev–Trinajstić information content (AvgIpc) is 2.84. The first kappa shape index (κ1) is 17.5. The van der Waals surface area contributed by atoms with Gasteiger partial charge in [0.15, 0.2) is 5.89 Å². The van der Waals surface area contributed by atoms with Crippen molar-refractivity contribution in [1.29, 1.82) is 0 Å². The molecule has 0 saturated carbocycles. The van der Waals surface area contributed by atoms with Crippen LogP contribution in [0.5, 0.6) is 0 Å². The lowest BCUT2D eigenvalue weighted by atomic mass is 10.1. The number of nitrogens with zero attached hydrogens (tertiary/aromatic N) is 1. The topological polar surface area (TPSA) is 75.4 Å². The number of rotatable bonds is 6. The fourth-order valence-electron chi connectivity index (χ4n) is 2.22. The Morgan fingerprint density at radius 3 is 2.74 bits per heavy atom. The summed E-state index contributed by atoms with van der Waals surface area (Å²) in [6.45, 7) is 5.88. The number of aliphatic hydroxyl groups is 1. The number of amides is 1. The van der Waals surface area contributed by atoms with Gasteiger partial charge in [-0.1, -0.05) is 43.6 Å². The van der Waals surface area contributed by atoms with E-state index in [-0.39, 0.29) is 12.3 Å². The molecule has 1 aromatic carbocycles. The number of halogens is 1. The van der Waals surface area contributed by atoms with Gasteiger partial charge >= 0.3 is 0 Å². The SMILES string of the molecule is Cc1nc(CC(C)C)oc1C(=O)NCC(O)c1ccccc1Cl. The maximum atomic E-state index is 12.2. The van der Waals surface area contributed by atoms with Crippen LogP contribution in [0.1, 0.15) is 47.7 Å². The largest absolute Gasteiger partial charge is 0.435 e. The van der Waals surface area contributed by atoms with Gasteiger partial charge in [-0.15, -0.1) is 0 Å². The molecule has 0 radical (unpaired) electrons. The van der Waals surface area contributed by atoms with Gasteiger partial charge in [-0.25, -0.2) is 4.98 Å². The second-order valence-electron chi connectivity index (χ2n) is 5.87. The Balaban J connectivity index is 2.00. The van der Waals surface area contributed by atoms with Crippen molar-refractivity contribution in [3.63, 3.8) is 0 Å². The van der Waals surface area contributed by atoms with Crippen LogP contribution >= 0.6 is 11.6 Å². The molecule has 2 rings (SSSR count). The molecule has 1 aromatic heterocycles. The number of benzene rings is 1. The first-order valence-electron chi connectivity index (χ1n) is 7.55. The summed E-state index contributed by atoms with van der Waals surface area (Å²) in [6, 6.07) is 6.98. The number of hydrogen-bond donors (Lipinski definition) is 2. The van der Waals surface area contributed by atoms with Crippen molar-refractivity contribution in [3.05, 3.63) is 52.2 Å². The van der Waals surface area contributed by atoms with Crippen LogP contribution < -0.4 is 5.32 Å². The van der Waals surface area contributed by atoms with Crippen molar-refractivity contribution in [2.45, 2.75) is 33.3 Å². The molecule has 1 heterocycles. The Kier molecular flexibility index (Phi) is 5.80. The van der Waals surface area contributed by atoms with Crippen molar-refractivity contribution in [2.24, 2.45) is 5.92 Å². The third-order valence-corrected chi connectivity index (χ3v) is 3.69. The van der Waals surface area contributed by atoms with Gasteiger partial charge in [-0.05, 0) is 18.9 Å². The number of hydrogen-bond acceptors (Lipinski definition) is 4. The van der Waals surface area contributed by atoms with E-state index in [2.05, 4.69) is 24.1 Å². The summed E-state index contributed by atoms with van der Waals surface area (Å²) >= 11 is 6.03. The Morgan fingerprint density at radius 2 is 2.09 bits per heavy atom. The van der Waals surface area contributed by atoms with Crippen LogP contribution in [0, 0.1) is 12.8 Å². The summed E-state index contributed by atoms with van der Waals surface area (Å²) in [5, 5.41) is 13.3. The molecule has 0 aliphatic carbocycles. The Labute approximate surface area is 140 Å². The quantitative estimate of drug-likeness (QED) is 0.848. The summed E-state index contributed by atoms with van der Waals surface area (Å²) in [4.78, 5) is 16.5. The van der Waals surface area contributed by atoms with Gasteiger partial charge in [-0.3, -0.25) is 4.79 Å². The molecular formula is C17H21ClN2O3. The number of nitrogens with one attached hydrogen (secondary N) is 1. The molecule has 2 aromatic rings. The summed E-state index contributed by atoms with van der Waals surface area (Å²) in [5.74, 6) is 0.739. The van der Waals surface area contributed by atoms with Gasteiger partial charge < -0.3 is 14.8 Å². The van der Waals surface area contributed by atoms with E-state index in [4.69, 9.17) is 16.0 Å². The number of aromatic nitrogens is 1. The molecule has 124 valence electrons. The summed E-state index contributed by atoms with van der Waals surface area (Å²) in [7, 11) is 0. The molecule has 1 atom stereocenters. The maximum absolute atomic E-state index is 12.2. The molecule has 1 amide bonds. The van der Waals surface area contributed by atoms with E-state index in [1.165, 1.54) is 0 Å². The fourth-order valence-corrected chi connectivity index (χ4v) is 2.49. The molecule has 0 spiro atoms. The van der Waals surface area contributed by atoms with Crippen LogP contribution in [0.3, 0.4) is 0 Å². The maximum Gasteiger partial charge on any atom is 0.289 e. The molecule has 0 saturated heterocycles. The number of carbonyl (C=O) groups excluding carboxylic acids is 1. The highest BCUT2D eigenvalue weighted by molar-refractivity contribution is 6.31. The Hall–Kier alpha value is -1.85. The first-order valence-corrected chi connectivity index (χ1v) is 7.93. The van der Waals surface area contributed by atoms with Gasteiger partial charge in [0.25, 0.3) is 5.91 Å². The van der Waals surface area contributed by atoms with Gasteiger partial charge in [-0.2, -0.15) is 0 Å². The minimum absolute atomic E-state index is 0.0439. The Bertz CT molecular complexity index is 682. The van der Waals surface area contributed by atoms with E-state index in [0.29, 0.717) is 34.5 Å². The Morgan fingerprint density at radius 1 is 1.39 bits per heavy atom. The second-order valence-corrected chi connectivity index (χ2v) is 6.27. The summed E-state index contributed by atoms with van der Waals surface area (Å²) in [5.41, 5.74) is 1.12. The van der Waals surface area contributed by atoms with Gasteiger partial charge in [0.2, 0.25) is 5.76 Å². The number of aryl methyl sites for hydroxylation is 1. The normalized spacial score (nSPS) is 12.4. The molecule has 6 heteroatoms. The lowest BCUT2D eigenvalue weighted by molar-refractivity contribution is 0.0886. The smallest absolute Gasteiger partial charge is 0.289 e. The minimum Gasteiger partial charge on any atom is -0.435 e. The van der Waals surface area contributed by atoms with E-state index in [9.17, 15) is 9.90 Å². The average molecular weight is 337 g/mol. The van der Waals surface area contributed by atoms with Gasteiger partial charge in [0.05, 0.1) is 11.8 Å². The highest BCUT2D eigenvalue weighted by Gasteiger charge is 2.19. The molecule has 0 fully saturated rings. The molecule has 5 nitrogen and oxygen atoms in total. The molecule has 23 heavy (non-hydrogen) atoms. The van der Waals surface area contributed by atoms with Crippen molar-refractivity contribution in [2.75, 3.05) is 6.54 Å². The molecular weight excluding hydrogens is 316 g/mol. The van der Waals surface area contributed by atoms with Crippen LogP contribution in [-0.2, 0) is 6.42 Å². The zero-order chi connectivity index (χ0) is 17.0. The summed E-state index contributed by atoms with van der Waals surface area (Å²) < 4.78 is 5.52.